The van der Waals surface area contributed by atoms with E-state index in [2.05, 4.69) is 6.92 Å². The lowest BCUT2D eigenvalue weighted by Crippen LogP contribution is -2.10. The molecule has 0 fully saturated rings. The third-order valence-corrected chi connectivity index (χ3v) is 6.69. The van der Waals surface area contributed by atoms with Gasteiger partial charge in [-0.2, -0.15) is 0 Å². The summed E-state index contributed by atoms with van der Waals surface area (Å²) in [6.45, 7) is 2.20. The summed E-state index contributed by atoms with van der Waals surface area (Å²) in [7, 11) is 3.95. The van der Waals surface area contributed by atoms with Gasteiger partial charge in [0, 0.05) is 42.7 Å². The zero-order valence-electron chi connectivity index (χ0n) is 22.1. The largest absolute Gasteiger partial charge is 0.424 e. The summed E-state index contributed by atoms with van der Waals surface area (Å²) in [4.78, 5) is 28.2. The van der Waals surface area contributed by atoms with Crippen molar-refractivity contribution in [2.75, 3.05) is 19.0 Å². The Morgan fingerprint density at radius 3 is 2.24 bits per heavy atom. The van der Waals surface area contributed by atoms with E-state index in [1.54, 1.807) is 0 Å². The minimum absolute atomic E-state index is 0.0553. The molecule has 0 aliphatic carbocycles. The second-order valence-corrected chi connectivity index (χ2v) is 9.66. The Morgan fingerprint density at radius 1 is 0.811 bits per heavy atom. The first kappa shape index (κ1) is 26.2. The van der Waals surface area contributed by atoms with Crippen LogP contribution < -0.4 is 9.64 Å². The van der Waals surface area contributed by atoms with E-state index in [0.29, 0.717) is 23.3 Å². The molecule has 3 aromatic carbocycles. The van der Waals surface area contributed by atoms with Crippen LogP contribution in [0.4, 0.5) is 5.69 Å². The number of aromatic nitrogens is 1. The highest BCUT2D eigenvalue weighted by molar-refractivity contribution is 6.11. The number of unbranched alkanes of at least 4 members (excludes halogenated alkanes) is 5. The standard InChI is InChI=1S/C32H36N2O3/c1-4-5-6-7-8-9-18-31(35)37-30-23-34(28-16-12-10-14-26(28)30)29-17-13-11-15-27(29)32(36)24-19-21-25(22-20-24)33(2)3/h10-17,19-23H,4-9,18H2,1-3H3. The van der Waals surface area contributed by atoms with Crippen LogP contribution in [-0.2, 0) is 4.79 Å². The molecule has 0 aliphatic rings. The fourth-order valence-electron chi connectivity index (χ4n) is 4.59. The van der Waals surface area contributed by atoms with E-state index >= 15 is 0 Å². The van der Waals surface area contributed by atoms with Crippen molar-refractivity contribution in [3.63, 3.8) is 0 Å². The third kappa shape index (κ3) is 6.29. The monoisotopic (exact) mass is 496 g/mol. The number of carbonyl (C=O) groups is 2. The molecule has 0 saturated heterocycles. The summed E-state index contributed by atoms with van der Waals surface area (Å²) in [5, 5.41) is 0.844. The fourth-order valence-corrected chi connectivity index (χ4v) is 4.59. The number of hydrogen-bond acceptors (Lipinski definition) is 4. The summed E-state index contributed by atoms with van der Waals surface area (Å²) in [5.74, 6) is 0.244. The number of fused-ring (bicyclic) bond motifs is 1. The Morgan fingerprint density at radius 2 is 1.49 bits per heavy atom. The molecule has 0 bridgehead atoms. The van der Waals surface area contributed by atoms with Gasteiger partial charge in [-0.15, -0.1) is 0 Å². The number of esters is 1. The lowest BCUT2D eigenvalue weighted by atomic mass is 10.0. The number of benzene rings is 3. The van der Waals surface area contributed by atoms with Crippen LogP contribution in [0.5, 0.6) is 5.75 Å². The molecule has 5 heteroatoms. The molecule has 0 atom stereocenters. The van der Waals surface area contributed by atoms with Crippen LogP contribution in [0.3, 0.4) is 0 Å². The van der Waals surface area contributed by atoms with Crippen LogP contribution in [-0.4, -0.2) is 30.4 Å². The molecule has 4 rings (SSSR count). The summed E-state index contributed by atoms with van der Waals surface area (Å²) >= 11 is 0. The van der Waals surface area contributed by atoms with Gasteiger partial charge >= 0.3 is 5.97 Å². The predicted octanol–water partition coefficient (Wildman–Crippen LogP) is 7.58. The van der Waals surface area contributed by atoms with E-state index in [-0.39, 0.29) is 11.8 Å². The minimum Gasteiger partial charge on any atom is -0.424 e. The van der Waals surface area contributed by atoms with Gasteiger partial charge in [0.25, 0.3) is 0 Å². The van der Waals surface area contributed by atoms with E-state index in [1.165, 1.54) is 19.3 Å². The highest BCUT2D eigenvalue weighted by Gasteiger charge is 2.19. The molecule has 0 N–H and O–H groups in total. The van der Waals surface area contributed by atoms with E-state index in [9.17, 15) is 9.59 Å². The molecule has 1 heterocycles. The number of ketones is 1. The van der Waals surface area contributed by atoms with E-state index in [0.717, 1.165) is 41.5 Å². The van der Waals surface area contributed by atoms with Gasteiger partial charge in [0.05, 0.1) is 17.4 Å². The zero-order valence-corrected chi connectivity index (χ0v) is 22.1. The van der Waals surface area contributed by atoms with Gasteiger partial charge in [0.1, 0.15) is 0 Å². The molecular weight excluding hydrogens is 460 g/mol. The van der Waals surface area contributed by atoms with Gasteiger partial charge in [0.15, 0.2) is 11.5 Å². The first-order valence-electron chi connectivity index (χ1n) is 13.2. The van der Waals surface area contributed by atoms with Crippen LogP contribution in [0.2, 0.25) is 0 Å². The first-order valence-corrected chi connectivity index (χ1v) is 13.2. The van der Waals surface area contributed by atoms with Crippen LogP contribution in [0, 0.1) is 0 Å². The van der Waals surface area contributed by atoms with Gasteiger partial charge < -0.3 is 14.2 Å². The normalized spacial score (nSPS) is 11.0. The second-order valence-electron chi connectivity index (χ2n) is 9.66. The van der Waals surface area contributed by atoms with Crippen molar-refractivity contribution >= 4 is 28.3 Å². The number of carbonyl (C=O) groups excluding carboxylic acids is 2. The predicted molar refractivity (Wildman–Crippen MR) is 151 cm³/mol. The molecule has 0 spiro atoms. The summed E-state index contributed by atoms with van der Waals surface area (Å²) in [6, 6.07) is 23.0. The highest BCUT2D eigenvalue weighted by atomic mass is 16.5. The average molecular weight is 497 g/mol. The maximum absolute atomic E-state index is 13.5. The molecule has 0 saturated carbocycles. The SMILES string of the molecule is CCCCCCCCC(=O)Oc1cn(-c2ccccc2C(=O)c2ccc(N(C)C)cc2)c2ccccc12. The number of para-hydroxylation sites is 2. The number of nitrogens with zero attached hydrogens (tertiary/aromatic N) is 2. The quantitative estimate of drug-likeness (QED) is 0.115. The maximum Gasteiger partial charge on any atom is 0.311 e. The Hall–Kier alpha value is -3.86. The van der Waals surface area contributed by atoms with Crippen molar-refractivity contribution in [3.05, 3.63) is 90.1 Å². The van der Waals surface area contributed by atoms with Gasteiger partial charge in [-0.25, -0.2) is 0 Å². The van der Waals surface area contributed by atoms with Crippen LogP contribution in [0.1, 0.15) is 67.8 Å². The average Bonchev–Trinajstić information content (AvgIpc) is 3.28. The van der Waals surface area contributed by atoms with Crippen molar-refractivity contribution in [3.8, 4) is 11.4 Å². The Balaban J connectivity index is 1.59. The molecular formula is C32H36N2O3. The highest BCUT2D eigenvalue weighted by Crippen LogP contribution is 2.33. The third-order valence-electron chi connectivity index (χ3n) is 6.69. The van der Waals surface area contributed by atoms with Crippen LogP contribution in [0.15, 0.2) is 79.0 Å². The zero-order chi connectivity index (χ0) is 26.2. The van der Waals surface area contributed by atoms with Gasteiger partial charge in [0.2, 0.25) is 0 Å². The molecule has 4 aromatic rings. The molecule has 0 radical (unpaired) electrons. The number of rotatable bonds is 12. The Bertz CT molecular complexity index is 1350. The van der Waals surface area contributed by atoms with Gasteiger partial charge in [-0.1, -0.05) is 63.3 Å². The Labute approximate surface area is 219 Å². The van der Waals surface area contributed by atoms with Crippen molar-refractivity contribution in [1.29, 1.82) is 0 Å². The number of ether oxygens (including phenoxy) is 1. The fraction of sp³-hybridized carbons (Fsp3) is 0.312. The van der Waals surface area contributed by atoms with Gasteiger partial charge in [-0.3, -0.25) is 9.59 Å². The second kappa shape index (κ2) is 12.4. The van der Waals surface area contributed by atoms with E-state index in [1.807, 2.05) is 103 Å². The lowest BCUT2D eigenvalue weighted by Gasteiger charge is -2.14. The van der Waals surface area contributed by atoms with E-state index in [4.69, 9.17) is 4.74 Å². The number of hydrogen-bond donors (Lipinski definition) is 0. The van der Waals surface area contributed by atoms with Crippen molar-refractivity contribution in [2.24, 2.45) is 0 Å². The minimum atomic E-state index is -0.219. The molecule has 5 nitrogen and oxygen atoms in total. The Kier molecular flexibility index (Phi) is 8.78. The first-order chi connectivity index (χ1) is 18.0. The maximum atomic E-state index is 13.5. The van der Waals surface area contributed by atoms with Crippen molar-refractivity contribution in [1.82, 2.24) is 4.57 Å². The van der Waals surface area contributed by atoms with E-state index < -0.39 is 0 Å². The molecule has 37 heavy (non-hydrogen) atoms. The summed E-state index contributed by atoms with van der Waals surface area (Å²) in [6.07, 6.45) is 8.95. The smallest absolute Gasteiger partial charge is 0.311 e. The summed E-state index contributed by atoms with van der Waals surface area (Å²) < 4.78 is 7.78. The van der Waals surface area contributed by atoms with Crippen LogP contribution >= 0.6 is 0 Å². The van der Waals surface area contributed by atoms with Crippen LogP contribution in [0.25, 0.3) is 16.6 Å². The molecule has 0 unspecified atom stereocenters. The topological polar surface area (TPSA) is 51.5 Å². The number of anilines is 1. The molecule has 192 valence electrons. The van der Waals surface area contributed by atoms with Gasteiger partial charge in [-0.05, 0) is 55.0 Å². The molecule has 0 aliphatic heterocycles. The lowest BCUT2D eigenvalue weighted by molar-refractivity contribution is -0.134. The molecule has 0 amide bonds. The summed E-state index contributed by atoms with van der Waals surface area (Å²) in [5.41, 5.74) is 3.88. The molecule has 1 aromatic heterocycles. The van der Waals surface area contributed by atoms with Crippen molar-refractivity contribution < 1.29 is 14.3 Å². The van der Waals surface area contributed by atoms with Crippen molar-refractivity contribution in [2.45, 2.75) is 51.9 Å².